The SMILES string of the molecule is CN(CCCO)c1ccc(Cl)nc1. The van der Waals surface area contributed by atoms with Crippen LogP contribution in [0.1, 0.15) is 6.42 Å². The van der Waals surface area contributed by atoms with Crippen LogP contribution in [-0.4, -0.2) is 30.3 Å². The Bertz CT molecular complexity index is 250. The predicted molar refractivity (Wildman–Crippen MR) is 54.2 cm³/mol. The molecule has 0 unspecified atom stereocenters. The van der Waals surface area contributed by atoms with Gasteiger partial charge in [0.15, 0.2) is 0 Å². The van der Waals surface area contributed by atoms with E-state index in [4.69, 9.17) is 16.7 Å². The van der Waals surface area contributed by atoms with Crippen LogP contribution >= 0.6 is 11.6 Å². The van der Waals surface area contributed by atoms with Crippen LogP contribution < -0.4 is 4.90 Å². The minimum absolute atomic E-state index is 0.214. The largest absolute Gasteiger partial charge is 0.396 e. The quantitative estimate of drug-likeness (QED) is 0.750. The van der Waals surface area contributed by atoms with E-state index in [9.17, 15) is 0 Å². The first-order valence-electron chi connectivity index (χ1n) is 4.17. The van der Waals surface area contributed by atoms with Gasteiger partial charge in [0, 0.05) is 20.2 Å². The number of hydrogen-bond donors (Lipinski definition) is 1. The van der Waals surface area contributed by atoms with Gasteiger partial charge in [-0.3, -0.25) is 0 Å². The lowest BCUT2D eigenvalue weighted by Crippen LogP contribution is -2.19. The summed E-state index contributed by atoms with van der Waals surface area (Å²) < 4.78 is 0. The van der Waals surface area contributed by atoms with E-state index < -0.39 is 0 Å². The van der Waals surface area contributed by atoms with Gasteiger partial charge in [-0.25, -0.2) is 4.98 Å². The van der Waals surface area contributed by atoms with E-state index in [0.29, 0.717) is 5.15 Å². The number of aromatic nitrogens is 1. The van der Waals surface area contributed by atoms with Crippen molar-refractivity contribution in [3.05, 3.63) is 23.5 Å². The number of hydrogen-bond acceptors (Lipinski definition) is 3. The Hall–Kier alpha value is -0.800. The Morgan fingerprint density at radius 3 is 2.85 bits per heavy atom. The molecule has 0 amide bonds. The fourth-order valence-corrected chi connectivity index (χ4v) is 1.14. The number of halogens is 1. The van der Waals surface area contributed by atoms with Crippen LogP contribution in [-0.2, 0) is 0 Å². The smallest absolute Gasteiger partial charge is 0.129 e. The first-order chi connectivity index (χ1) is 6.24. The Morgan fingerprint density at radius 1 is 1.54 bits per heavy atom. The molecule has 0 aliphatic carbocycles. The second-order valence-electron chi connectivity index (χ2n) is 2.84. The van der Waals surface area contributed by atoms with E-state index in [0.717, 1.165) is 18.7 Å². The third kappa shape index (κ3) is 3.20. The molecule has 0 saturated carbocycles. The Balaban J connectivity index is 2.55. The van der Waals surface area contributed by atoms with Gasteiger partial charge in [0.1, 0.15) is 5.15 Å². The molecule has 4 heteroatoms. The van der Waals surface area contributed by atoms with Crippen LogP contribution in [0.15, 0.2) is 18.3 Å². The summed E-state index contributed by atoms with van der Waals surface area (Å²) in [5, 5.41) is 9.14. The van der Waals surface area contributed by atoms with Crippen LogP contribution in [0, 0.1) is 0 Å². The summed E-state index contributed by atoms with van der Waals surface area (Å²) in [6.45, 7) is 1.03. The van der Waals surface area contributed by atoms with Gasteiger partial charge in [-0.15, -0.1) is 0 Å². The zero-order valence-corrected chi connectivity index (χ0v) is 8.33. The first-order valence-corrected chi connectivity index (χ1v) is 4.55. The lowest BCUT2D eigenvalue weighted by molar-refractivity contribution is 0.290. The van der Waals surface area contributed by atoms with E-state index in [1.807, 2.05) is 18.0 Å². The summed E-state index contributed by atoms with van der Waals surface area (Å²) in [5.41, 5.74) is 1.01. The Labute approximate surface area is 83.0 Å². The molecule has 0 aromatic carbocycles. The van der Waals surface area contributed by atoms with Gasteiger partial charge in [-0.2, -0.15) is 0 Å². The van der Waals surface area contributed by atoms with E-state index in [2.05, 4.69) is 4.98 Å². The van der Waals surface area contributed by atoms with Crippen LogP contribution in [0.25, 0.3) is 0 Å². The highest BCUT2D eigenvalue weighted by Crippen LogP contribution is 2.13. The zero-order chi connectivity index (χ0) is 9.68. The lowest BCUT2D eigenvalue weighted by atomic mass is 10.3. The second-order valence-corrected chi connectivity index (χ2v) is 3.23. The summed E-state index contributed by atoms with van der Waals surface area (Å²) in [6.07, 6.45) is 2.48. The lowest BCUT2D eigenvalue weighted by Gasteiger charge is -2.17. The predicted octanol–water partition coefficient (Wildman–Crippen LogP) is 1.55. The molecule has 0 saturated heterocycles. The number of anilines is 1. The molecule has 1 heterocycles. The number of aliphatic hydroxyl groups excluding tert-OH is 1. The number of nitrogens with zero attached hydrogens (tertiary/aromatic N) is 2. The molecule has 0 radical (unpaired) electrons. The summed E-state index contributed by atoms with van der Waals surface area (Å²) in [5.74, 6) is 0. The van der Waals surface area contributed by atoms with Crippen molar-refractivity contribution in [3.8, 4) is 0 Å². The maximum absolute atomic E-state index is 8.64. The normalized spacial score (nSPS) is 10.1. The number of aliphatic hydroxyl groups is 1. The Morgan fingerprint density at radius 2 is 2.31 bits per heavy atom. The van der Waals surface area contributed by atoms with Crippen molar-refractivity contribution in [3.63, 3.8) is 0 Å². The van der Waals surface area contributed by atoms with Gasteiger partial charge >= 0.3 is 0 Å². The van der Waals surface area contributed by atoms with E-state index in [-0.39, 0.29) is 6.61 Å². The standard InChI is InChI=1S/C9H13ClN2O/c1-12(5-2-6-13)8-3-4-9(10)11-7-8/h3-4,7,13H,2,5-6H2,1H3. The maximum Gasteiger partial charge on any atom is 0.129 e. The molecule has 1 aromatic heterocycles. The Kier molecular flexibility index (Phi) is 3.99. The first kappa shape index (κ1) is 10.3. The number of pyridine rings is 1. The minimum atomic E-state index is 0.214. The third-order valence-electron chi connectivity index (χ3n) is 1.80. The molecular formula is C9H13ClN2O. The van der Waals surface area contributed by atoms with Crippen molar-refractivity contribution >= 4 is 17.3 Å². The fraction of sp³-hybridized carbons (Fsp3) is 0.444. The molecular weight excluding hydrogens is 188 g/mol. The van der Waals surface area contributed by atoms with Gasteiger partial charge in [0.05, 0.1) is 11.9 Å². The molecule has 72 valence electrons. The van der Waals surface area contributed by atoms with Crippen LogP contribution in [0.4, 0.5) is 5.69 Å². The van der Waals surface area contributed by atoms with Crippen molar-refractivity contribution in [2.24, 2.45) is 0 Å². The fourth-order valence-electron chi connectivity index (χ4n) is 1.03. The molecule has 0 fully saturated rings. The van der Waals surface area contributed by atoms with Crippen LogP contribution in [0.5, 0.6) is 0 Å². The minimum Gasteiger partial charge on any atom is -0.396 e. The van der Waals surface area contributed by atoms with Crippen molar-refractivity contribution in [1.82, 2.24) is 4.98 Å². The van der Waals surface area contributed by atoms with Crippen molar-refractivity contribution in [2.45, 2.75) is 6.42 Å². The highest BCUT2D eigenvalue weighted by molar-refractivity contribution is 6.29. The average molecular weight is 201 g/mol. The second kappa shape index (κ2) is 5.04. The molecule has 0 aliphatic rings. The van der Waals surface area contributed by atoms with Crippen molar-refractivity contribution < 1.29 is 5.11 Å². The van der Waals surface area contributed by atoms with Gasteiger partial charge in [-0.1, -0.05) is 11.6 Å². The van der Waals surface area contributed by atoms with Crippen molar-refractivity contribution in [1.29, 1.82) is 0 Å². The molecule has 1 rings (SSSR count). The highest BCUT2D eigenvalue weighted by atomic mass is 35.5. The van der Waals surface area contributed by atoms with Crippen LogP contribution in [0.2, 0.25) is 5.15 Å². The molecule has 0 atom stereocenters. The monoisotopic (exact) mass is 200 g/mol. The van der Waals surface area contributed by atoms with Gasteiger partial charge < -0.3 is 10.0 Å². The van der Waals surface area contributed by atoms with Gasteiger partial charge in [-0.05, 0) is 18.6 Å². The molecule has 0 aliphatic heterocycles. The molecule has 0 spiro atoms. The topological polar surface area (TPSA) is 36.4 Å². The highest BCUT2D eigenvalue weighted by Gasteiger charge is 1.99. The zero-order valence-electron chi connectivity index (χ0n) is 7.57. The van der Waals surface area contributed by atoms with Gasteiger partial charge in [0.25, 0.3) is 0 Å². The summed E-state index contributed by atoms with van der Waals surface area (Å²) >= 11 is 5.65. The number of rotatable bonds is 4. The average Bonchev–Trinajstić information content (AvgIpc) is 2.15. The summed E-state index contributed by atoms with van der Waals surface area (Å²) in [6, 6.07) is 3.67. The van der Waals surface area contributed by atoms with Crippen LogP contribution in [0.3, 0.4) is 0 Å². The van der Waals surface area contributed by atoms with E-state index >= 15 is 0 Å². The van der Waals surface area contributed by atoms with Gasteiger partial charge in [0.2, 0.25) is 0 Å². The maximum atomic E-state index is 8.64. The van der Waals surface area contributed by atoms with Crippen molar-refractivity contribution in [2.75, 3.05) is 25.1 Å². The molecule has 13 heavy (non-hydrogen) atoms. The summed E-state index contributed by atoms with van der Waals surface area (Å²) in [4.78, 5) is 6.00. The van der Waals surface area contributed by atoms with E-state index in [1.165, 1.54) is 0 Å². The molecule has 1 N–H and O–H groups in total. The molecule has 0 bridgehead atoms. The van der Waals surface area contributed by atoms with E-state index in [1.54, 1.807) is 12.3 Å². The molecule has 3 nitrogen and oxygen atoms in total. The summed E-state index contributed by atoms with van der Waals surface area (Å²) in [7, 11) is 1.96. The third-order valence-corrected chi connectivity index (χ3v) is 2.03. The molecule has 1 aromatic rings.